The zero-order chi connectivity index (χ0) is 28.0. The Morgan fingerprint density at radius 2 is 1.87 bits per heavy atom. The number of nitrogens with zero attached hydrogens (tertiary/aromatic N) is 4. The molecule has 0 spiro atoms. The average molecular weight is 524 g/mol. The molecule has 204 valence electrons. The second-order valence-electron chi connectivity index (χ2n) is 10.2. The second kappa shape index (κ2) is 12.7. The molecule has 1 fully saturated rings. The number of carbonyl (C=O) groups excluding carboxylic acids is 1. The highest BCUT2D eigenvalue weighted by Gasteiger charge is 2.35. The van der Waals surface area contributed by atoms with Gasteiger partial charge in [0.25, 0.3) is 5.69 Å². The smallest absolute Gasteiger partial charge is 0.317 e. The van der Waals surface area contributed by atoms with Crippen LogP contribution in [0.1, 0.15) is 44.9 Å². The molecule has 2 N–H and O–H groups in total. The highest BCUT2D eigenvalue weighted by atomic mass is 16.5. The minimum Gasteiger partial charge on any atom is -0.497 e. The first-order valence-electron chi connectivity index (χ1n) is 12.7. The number of carboxylic acid groups (broad SMARTS) is 1. The quantitative estimate of drug-likeness (QED) is 0.302. The summed E-state index contributed by atoms with van der Waals surface area (Å²) in [7, 11) is 1.52. The summed E-state index contributed by atoms with van der Waals surface area (Å²) in [5.41, 5.74) is 3.56. The largest absolute Gasteiger partial charge is 0.497 e. The molecule has 1 aliphatic carbocycles. The molecule has 2 unspecified atom stereocenters. The van der Waals surface area contributed by atoms with E-state index in [1.807, 2.05) is 38.0 Å². The number of H-pyrrole nitrogens is 1. The molecule has 1 aliphatic rings. The first-order chi connectivity index (χ1) is 18.2. The van der Waals surface area contributed by atoms with E-state index in [-0.39, 0.29) is 25.9 Å². The Labute approximate surface area is 223 Å². The molecule has 0 bridgehead atoms. The van der Waals surface area contributed by atoms with Gasteiger partial charge >= 0.3 is 5.97 Å². The summed E-state index contributed by atoms with van der Waals surface area (Å²) in [6, 6.07) is 8.04. The Morgan fingerprint density at radius 1 is 1.24 bits per heavy atom. The predicted octanol–water partition coefficient (Wildman–Crippen LogP) is 4.94. The molecule has 2 aromatic heterocycles. The third-order valence-corrected chi connectivity index (χ3v) is 7.01. The van der Waals surface area contributed by atoms with Gasteiger partial charge in [-0.1, -0.05) is 50.6 Å². The van der Waals surface area contributed by atoms with Crippen LogP contribution in [0.5, 0.6) is 5.75 Å². The third-order valence-electron chi connectivity index (χ3n) is 7.01. The highest BCUT2D eigenvalue weighted by molar-refractivity contribution is 5.78. The summed E-state index contributed by atoms with van der Waals surface area (Å²) in [6.45, 7) is 18.8. The zero-order valence-electron chi connectivity index (χ0n) is 22.7. The molecule has 10 heteroatoms. The maximum Gasteiger partial charge on any atom is 0.317 e. The fourth-order valence-electron chi connectivity index (χ4n) is 5.54. The number of aryl methyl sites for hydroxylation is 1. The second-order valence-corrected chi connectivity index (χ2v) is 10.2. The Hall–Kier alpha value is -3.68. The van der Waals surface area contributed by atoms with Gasteiger partial charge < -0.3 is 19.4 Å². The predicted molar refractivity (Wildman–Crippen MR) is 144 cm³/mol. The van der Waals surface area contributed by atoms with Crippen LogP contribution in [0, 0.1) is 31.2 Å². The lowest BCUT2D eigenvalue weighted by Gasteiger charge is -2.37. The number of aromatic nitrogens is 3. The third kappa shape index (κ3) is 6.23. The van der Waals surface area contributed by atoms with Gasteiger partial charge in [0, 0.05) is 19.2 Å². The molecular formula is C28H37N5O5. The van der Waals surface area contributed by atoms with Gasteiger partial charge in [-0.05, 0) is 37.5 Å². The van der Waals surface area contributed by atoms with E-state index in [0.717, 1.165) is 24.0 Å². The van der Waals surface area contributed by atoms with Crippen molar-refractivity contribution < 1.29 is 24.2 Å². The van der Waals surface area contributed by atoms with Crippen LogP contribution in [0.25, 0.3) is 21.9 Å². The Kier molecular flexibility index (Phi) is 9.66. The van der Waals surface area contributed by atoms with Crippen LogP contribution < -0.4 is 4.74 Å². The maximum absolute atomic E-state index is 11.5. The summed E-state index contributed by atoms with van der Waals surface area (Å²) < 4.78 is 13.7. The van der Waals surface area contributed by atoms with Crippen molar-refractivity contribution in [2.75, 3.05) is 20.4 Å². The zero-order valence-corrected chi connectivity index (χ0v) is 22.7. The molecule has 1 aromatic carbocycles. The van der Waals surface area contributed by atoms with E-state index in [0.29, 0.717) is 46.4 Å². The number of aliphatic carboxylic acids is 1. The van der Waals surface area contributed by atoms with E-state index >= 15 is 0 Å². The fraction of sp³-hybridized carbons (Fsp3) is 0.500. The number of aromatic amines is 1. The van der Waals surface area contributed by atoms with Crippen molar-refractivity contribution in [1.29, 1.82) is 0 Å². The van der Waals surface area contributed by atoms with Gasteiger partial charge in [-0.25, -0.2) is 14.3 Å². The number of nitrogens with one attached hydrogen (secondary N) is 1. The molecule has 0 aliphatic heterocycles. The number of ether oxygens (including phenoxy) is 2. The summed E-state index contributed by atoms with van der Waals surface area (Å²) >= 11 is 0. The van der Waals surface area contributed by atoms with Gasteiger partial charge in [0.1, 0.15) is 12.9 Å². The number of methoxy groups -OCH3 is 1. The van der Waals surface area contributed by atoms with Crippen LogP contribution in [-0.4, -0.2) is 63.9 Å². The molecule has 38 heavy (non-hydrogen) atoms. The van der Waals surface area contributed by atoms with Crippen LogP contribution >= 0.6 is 0 Å². The van der Waals surface area contributed by atoms with Crippen molar-refractivity contribution in [3.8, 4) is 17.1 Å². The number of carboxylic acids is 1. The van der Waals surface area contributed by atoms with E-state index in [1.165, 1.54) is 7.11 Å². The molecule has 2 heterocycles. The van der Waals surface area contributed by atoms with E-state index in [2.05, 4.69) is 30.7 Å². The molecule has 3 aromatic rings. The van der Waals surface area contributed by atoms with Crippen molar-refractivity contribution in [3.63, 3.8) is 0 Å². The van der Waals surface area contributed by atoms with Crippen molar-refractivity contribution in [3.05, 3.63) is 46.9 Å². The van der Waals surface area contributed by atoms with Gasteiger partial charge in [-0.3, -0.25) is 14.8 Å². The van der Waals surface area contributed by atoms with Gasteiger partial charge in [0.05, 0.1) is 25.5 Å². The summed E-state index contributed by atoms with van der Waals surface area (Å²) in [5, 5.41) is 12.7. The lowest BCUT2D eigenvalue weighted by Crippen LogP contribution is -2.38. The summed E-state index contributed by atoms with van der Waals surface area (Å²) in [6.07, 6.45) is 2.11. The Bertz CT molecular complexity index is 1260. The maximum atomic E-state index is 11.5. The van der Waals surface area contributed by atoms with Gasteiger partial charge in [-0.15, -0.1) is 0 Å². The van der Waals surface area contributed by atoms with Gasteiger partial charge in [0.2, 0.25) is 0 Å². The lowest BCUT2D eigenvalue weighted by molar-refractivity contribution is -0.139. The van der Waals surface area contributed by atoms with Crippen LogP contribution in [-0.2, 0) is 20.9 Å². The number of hydrogen-bond donors (Lipinski definition) is 2. The van der Waals surface area contributed by atoms with Crippen molar-refractivity contribution in [1.82, 2.24) is 19.5 Å². The fourth-order valence-corrected chi connectivity index (χ4v) is 5.54. The van der Waals surface area contributed by atoms with E-state index in [1.54, 1.807) is 9.42 Å². The Balaban J connectivity index is 0.00000195. The molecule has 0 amide bonds. The molecule has 0 saturated heterocycles. The SMILES string of the molecule is C=O.[C-]#[N+]c1c(OC2C(C)CC(C)CC2C)c2nc(-c3ccc(C)cc3)[nH]n2c1CN(COC)CC(=O)O. The van der Waals surface area contributed by atoms with Crippen LogP contribution in [0.2, 0.25) is 0 Å². The highest BCUT2D eigenvalue weighted by Crippen LogP contribution is 2.43. The molecular weight excluding hydrogens is 486 g/mol. The molecule has 1 saturated carbocycles. The van der Waals surface area contributed by atoms with Crippen molar-refractivity contribution >= 4 is 24.1 Å². The summed E-state index contributed by atoms with van der Waals surface area (Å²) in [4.78, 5) is 29.8. The standard InChI is InChI=1S/C27H35N5O4.CH2O/c1-16-7-9-20(10-8-16)26-29-27-25(36-24-18(3)11-17(2)12-19(24)4)23(28-5)21(32(27)30-26)13-31(15-35-6)14-22(33)34;1-2/h7-10,17-19,24H,11-15H2,1-4,6H3,(H,29,30)(H,33,34);1H2. The van der Waals surface area contributed by atoms with Crippen molar-refractivity contribution in [2.24, 2.45) is 17.8 Å². The number of benzene rings is 1. The average Bonchev–Trinajstić information content (AvgIpc) is 3.41. The van der Waals surface area contributed by atoms with Crippen LogP contribution in [0.4, 0.5) is 5.69 Å². The molecule has 4 rings (SSSR count). The minimum absolute atomic E-state index is 0.0330. The first-order valence-corrected chi connectivity index (χ1v) is 12.7. The summed E-state index contributed by atoms with van der Waals surface area (Å²) in [5.74, 6) is 1.46. The van der Waals surface area contributed by atoms with Crippen LogP contribution in [0.15, 0.2) is 24.3 Å². The topological polar surface area (TPSA) is 114 Å². The molecule has 2 atom stereocenters. The monoisotopic (exact) mass is 523 g/mol. The Morgan fingerprint density at radius 3 is 2.42 bits per heavy atom. The van der Waals surface area contributed by atoms with Gasteiger partial charge in [0.15, 0.2) is 17.2 Å². The molecule has 0 radical (unpaired) electrons. The van der Waals surface area contributed by atoms with E-state index in [4.69, 9.17) is 25.8 Å². The van der Waals surface area contributed by atoms with Crippen molar-refractivity contribution in [2.45, 2.75) is 53.2 Å². The number of hydrogen-bond acceptors (Lipinski definition) is 6. The number of fused-ring (bicyclic) bond motifs is 1. The number of carbonyl (C=O) groups is 2. The lowest BCUT2D eigenvalue weighted by atomic mass is 9.75. The first kappa shape index (κ1) is 28.9. The van der Waals surface area contributed by atoms with Crippen LogP contribution in [0.3, 0.4) is 0 Å². The molecule has 10 nitrogen and oxygen atoms in total. The minimum atomic E-state index is -0.968. The van der Waals surface area contributed by atoms with E-state index in [9.17, 15) is 9.90 Å². The normalized spacial score (nSPS) is 21.1. The van der Waals surface area contributed by atoms with Gasteiger partial charge in [-0.2, -0.15) is 0 Å². The van der Waals surface area contributed by atoms with E-state index < -0.39 is 5.97 Å². The number of rotatable bonds is 9.